The molecule has 4 rings (SSSR count). The number of thiophene rings is 1. The molecule has 4 aromatic rings. The van der Waals surface area contributed by atoms with E-state index < -0.39 is 0 Å². The summed E-state index contributed by atoms with van der Waals surface area (Å²) < 4.78 is 0. The van der Waals surface area contributed by atoms with Crippen molar-refractivity contribution in [1.29, 1.82) is 0 Å². The van der Waals surface area contributed by atoms with Crippen LogP contribution in [0, 0.1) is 0 Å². The highest BCUT2D eigenvalue weighted by atomic mass is 35.5. The van der Waals surface area contributed by atoms with E-state index in [1.807, 2.05) is 30.3 Å². The van der Waals surface area contributed by atoms with E-state index in [0.29, 0.717) is 0 Å². The lowest BCUT2D eigenvalue weighted by Crippen LogP contribution is -1.97. The molecule has 2 aromatic carbocycles. The number of thioether (sulfide) groups is 1. The number of aromatic nitrogens is 2. The molecular formula is C19H14ClN3S2. The van der Waals surface area contributed by atoms with Crippen molar-refractivity contribution in [1.82, 2.24) is 9.97 Å². The molecule has 0 aliphatic carbocycles. The summed E-state index contributed by atoms with van der Waals surface area (Å²) >= 11 is 9.43. The molecule has 0 amide bonds. The van der Waals surface area contributed by atoms with E-state index >= 15 is 0 Å². The predicted molar refractivity (Wildman–Crippen MR) is 109 cm³/mol. The van der Waals surface area contributed by atoms with Crippen molar-refractivity contribution in [2.45, 2.75) is 4.90 Å². The van der Waals surface area contributed by atoms with Crippen molar-refractivity contribution in [3.05, 3.63) is 65.3 Å². The summed E-state index contributed by atoms with van der Waals surface area (Å²) in [5, 5.41) is 6.77. The number of nitrogens with zero attached hydrogens (tertiary/aromatic N) is 2. The van der Waals surface area contributed by atoms with E-state index in [9.17, 15) is 0 Å². The summed E-state index contributed by atoms with van der Waals surface area (Å²) in [6, 6.07) is 18.5. The lowest BCUT2D eigenvalue weighted by atomic mass is 10.1. The molecule has 0 radical (unpaired) electrons. The van der Waals surface area contributed by atoms with E-state index in [4.69, 9.17) is 11.6 Å². The van der Waals surface area contributed by atoms with Crippen LogP contribution in [-0.2, 0) is 0 Å². The Morgan fingerprint density at radius 1 is 1.04 bits per heavy atom. The second kappa shape index (κ2) is 7.04. The van der Waals surface area contributed by atoms with Crippen LogP contribution in [0.1, 0.15) is 0 Å². The summed E-state index contributed by atoms with van der Waals surface area (Å²) in [6.07, 6.45) is 2.06. The molecule has 2 aromatic heterocycles. The number of rotatable bonds is 4. The van der Waals surface area contributed by atoms with Crippen molar-refractivity contribution in [3.8, 4) is 11.1 Å². The van der Waals surface area contributed by atoms with Crippen molar-refractivity contribution in [2.24, 2.45) is 0 Å². The maximum absolute atomic E-state index is 6.14. The number of hydrogen-bond acceptors (Lipinski definition) is 5. The van der Waals surface area contributed by atoms with Crippen molar-refractivity contribution in [2.75, 3.05) is 11.6 Å². The van der Waals surface area contributed by atoms with Gasteiger partial charge in [0, 0.05) is 21.5 Å². The van der Waals surface area contributed by atoms with Gasteiger partial charge in [-0.05, 0) is 41.6 Å². The Labute approximate surface area is 159 Å². The fourth-order valence-electron chi connectivity index (χ4n) is 2.67. The predicted octanol–water partition coefficient (Wildman–Crippen LogP) is 6.48. The van der Waals surface area contributed by atoms with Crippen molar-refractivity contribution < 1.29 is 0 Å². The van der Waals surface area contributed by atoms with Gasteiger partial charge in [-0.1, -0.05) is 36.4 Å². The van der Waals surface area contributed by atoms with Gasteiger partial charge in [0.15, 0.2) is 0 Å². The molecular weight excluding hydrogens is 370 g/mol. The first kappa shape index (κ1) is 16.4. The molecule has 3 nitrogen and oxygen atoms in total. The summed E-state index contributed by atoms with van der Waals surface area (Å²) in [7, 11) is 0. The summed E-state index contributed by atoms with van der Waals surface area (Å²) in [5.74, 6) is 0.730. The van der Waals surface area contributed by atoms with Crippen LogP contribution >= 0.6 is 34.7 Å². The summed E-state index contributed by atoms with van der Waals surface area (Å²) in [5.41, 5.74) is 3.23. The highest BCUT2D eigenvalue weighted by molar-refractivity contribution is 7.98. The smallest absolute Gasteiger partial charge is 0.225 e. The summed E-state index contributed by atoms with van der Waals surface area (Å²) in [4.78, 5) is 10.9. The SMILES string of the molecule is CSc1cccc(Nc2nc(Cl)nc3scc(-c4ccccc4)c23)c1. The van der Waals surface area contributed by atoms with Gasteiger partial charge in [-0.15, -0.1) is 23.1 Å². The van der Waals surface area contributed by atoms with Crippen molar-refractivity contribution in [3.63, 3.8) is 0 Å². The van der Waals surface area contributed by atoms with Crippen LogP contribution < -0.4 is 5.32 Å². The number of nitrogens with one attached hydrogen (secondary N) is 1. The van der Waals surface area contributed by atoms with Gasteiger partial charge in [-0.25, -0.2) is 4.98 Å². The van der Waals surface area contributed by atoms with Crippen LogP contribution in [0.2, 0.25) is 5.28 Å². The lowest BCUT2D eigenvalue weighted by Gasteiger charge is -2.10. The van der Waals surface area contributed by atoms with Gasteiger partial charge in [0.2, 0.25) is 5.28 Å². The van der Waals surface area contributed by atoms with Crippen LogP contribution in [0.15, 0.2) is 64.9 Å². The van der Waals surface area contributed by atoms with Gasteiger partial charge >= 0.3 is 0 Å². The Morgan fingerprint density at radius 2 is 1.88 bits per heavy atom. The minimum atomic E-state index is 0.248. The number of halogens is 1. The van der Waals surface area contributed by atoms with Crippen LogP contribution in [0.4, 0.5) is 11.5 Å². The quantitative estimate of drug-likeness (QED) is 0.323. The van der Waals surface area contributed by atoms with E-state index in [-0.39, 0.29) is 5.28 Å². The Bertz CT molecular complexity index is 1030. The zero-order valence-corrected chi connectivity index (χ0v) is 15.8. The molecule has 6 heteroatoms. The molecule has 0 bridgehead atoms. The Morgan fingerprint density at radius 3 is 2.68 bits per heavy atom. The largest absolute Gasteiger partial charge is 0.339 e. The number of hydrogen-bond donors (Lipinski definition) is 1. The summed E-state index contributed by atoms with van der Waals surface area (Å²) in [6.45, 7) is 0. The molecule has 0 fully saturated rings. The third kappa shape index (κ3) is 3.35. The second-order valence-electron chi connectivity index (χ2n) is 5.39. The molecule has 0 unspecified atom stereocenters. The van der Waals surface area contributed by atoms with E-state index in [0.717, 1.165) is 32.8 Å². The van der Waals surface area contributed by atoms with Crippen LogP contribution in [0.25, 0.3) is 21.3 Å². The normalized spacial score (nSPS) is 11.0. The first-order valence-electron chi connectivity index (χ1n) is 7.66. The Balaban J connectivity index is 1.86. The fraction of sp³-hybridized carbons (Fsp3) is 0.0526. The van der Waals surface area contributed by atoms with Crippen LogP contribution in [0.5, 0.6) is 0 Å². The number of benzene rings is 2. The fourth-order valence-corrected chi connectivity index (χ4v) is 4.30. The average Bonchev–Trinajstić information content (AvgIpc) is 3.06. The molecule has 0 aliphatic rings. The topological polar surface area (TPSA) is 37.8 Å². The highest BCUT2D eigenvalue weighted by Crippen LogP contribution is 2.38. The molecule has 0 spiro atoms. The van der Waals surface area contributed by atoms with Crippen LogP contribution in [0.3, 0.4) is 0 Å². The van der Waals surface area contributed by atoms with Gasteiger partial charge in [0.05, 0.1) is 5.39 Å². The molecule has 0 saturated carbocycles. The molecule has 0 aliphatic heterocycles. The zero-order chi connectivity index (χ0) is 17.2. The van der Waals surface area contributed by atoms with Gasteiger partial charge in [0.1, 0.15) is 10.6 Å². The molecule has 0 saturated heterocycles. The van der Waals surface area contributed by atoms with Gasteiger partial charge in [-0.3, -0.25) is 0 Å². The first-order valence-corrected chi connectivity index (χ1v) is 10.1. The van der Waals surface area contributed by atoms with Gasteiger partial charge < -0.3 is 5.32 Å². The lowest BCUT2D eigenvalue weighted by molar-refractivity contribution is 1.23. The minimum absolute atomic E-state index is 0.248. The second-order valence-corrected chi connectivity index (χ2v) is 7.47. The average molecular weight is 384 g/mol. The van der Waals surface area contributed by atoms with E-state index in [2.05, 4.69) is 51.2 Å². The minimum Gasteiger partial charge on any atom is -0.339 e. The maximum Gasteiger partial charge on any atom is 0.225 e. The van der Waals surface area contributed by atoms with Gasteiger partial charge in [-0.2, -0.15) is 4.98 Å². The molecule has 1 N–H and O–H groups in total. The standard InChI is InChI=1S/C19H14ClN3S2/c1-24-14-9-5-8-13(10-14)21-17-16-15(12-6-3-2-4-7-12)11-25-18(16)23-19(20)22-17/h2-11H,1H3,(H,21,22,23). The van der Waals surface area contributed by atoms with E-state index in [1.54, 1.807) is 23.1 Å². The molecule has 2 heterocycles. The number of anilines is 2. The maximum atomic E-state index is 6.14. The number of fused-ring (bicyclic) bond motifs is 1. The van der Waals surface area contributed by atoms with Crippen molar-refractivity contribution >= 4 is 56.4 Å². The zero-order valence-electron chi connectivity index (χ0n) is 13.4. The monoisotopic (exact) mass is 383 g/mol. The molecule has 124 valence electrons. The molecule has 0 atom stereocenters. The third-order valence-corrected chi connectivity index (χ3v) is 5.59. The third-order valence-electron chi connectivity index (χ3n) is 3.82. The Kier molecular flexibility index (Phi) is 4.61. The Hall–Kier alpha value is -2.08. The molecule has 25 heavy (non-hydrogen) atoms. The van der Waals surface area contributed by atoms with Crippen LogP contribution in [-0.4, -0.2) is 16.2 Å². The highest BCUT2D eigenvalue weighted by Gasteiger charge is 2.15. The first-order chi connectivity index (χ1) is 12.2. The van der Waals surface area contributed by atoms with Gasteiger partial charge in [0.25, 0.3) is 0 Å². The van der Waals surface area contributed by atoms with E-state index in [1.165, 1.54) is 4.90 Å².